The van der Waals surface area contributed by atoms with E-state index >= 15 is 0 Å². The highest BCUT2D eigenvalue weighted by molar-refractivity contribution is 5.51. The van der Waals surface area contributed by atoms with Gasteiger partial charge in [-0.05, 0) is 18.1 Å². The van der Waals surface area contributed by atoms with Crippen molar-refractivity contribution in [2.24, 2.45) is 5.92 Å². The molecule has 0 fully saturated rings. The molecule has 0 spiro atoms. The molecule has 24 heavy (non-hydrogen) atoms. The van der Waals surface area contributed by atoms with Gasteiger partial charge in [0.05, 0.1) is 36.5 Å². The largest absolute Gasteiger partial charge is 0.497 e. The summed E-state index contributed by atoms with van der Waals surface area (Å²) >= 11 is 0. The van der Waals surface area contributed by atoms with Gasteiger partial charge in [-0.3, -0.25) is 0 Å². The average molecular weight is 336 g/mol. The van der Waals surface area contributed by atoms with Crippen molar-refractivity contribution in [3.63, 3.8) is 0 Å². The molecule has 4 heteroatoms. The SMILES string of the molecule is [2H]C([2H])([2H])Oc1ccc(C(c2ccc(OC)cc2OC)C(C)C)c(OC([2H])([2H])[2H])c1. The van der Waals surface area contributed by atoms with Gasteiger partial charge in [-0.2, -0.15) is 0 Å². The van der Waals surface area contributed by atoms with Gasteiger partial charge in [-0.15, -0.1) is 0 Å². The minimum Gasteiger partial charge on any atom is -0.497 e. The number of benzene rings is 2. The molecule has 2 aromatic carbocycles. The van der Waals surface area contributed by atoms with Crippen LogP contribution in [0.4, 0.5) is 0 Å². The van der Waals surface area contributed by atoms with Gasteiger partial charge in [0, 0.05) is 29.2 Å². The molecule has 1 atom stereocenters. The molecule has 0 aromatic heterocycles. The normalized spacial score (nSPS) is 16.7. The predicted octanol–water partition coefficient (Wildman–Crippen LogP) is 4.51. The summed E-state index contributed by atoms with van der Waals surface area (Å²) < 4.78 is 65.4. The molecular weight excluding hydrogens is 304 g/mol. The summed E-state index contributed by atoms with van der Waals surface area (Å²) in [7, 11) is -2.29. The summed E-state index contributed by atoms with van der Waals surface area (Å²) in [4.78, 5) is 0. The predicted molar refractivity (Wildman–Crippen MR) is 95.8 cm³/mol. The molecule has 0 saturated heterocycles. The van der Waals surface area contributed by atoms with E-state index in [9.17, 15) is 0 Å². The zero-order valence-corrected chi connectivity index (χ0v) is 14.3. The van der Waals surface area contributed by atoms with Crippen LogP contribution in [0.5, 0.6) is 23.0 Å². The van der Waals surface area contributed by atoms with Crippen LogP contribution in [0.3, 0.4) is 0 Å². The molecule has 0 bridgehead atoms. The molecule has 0 N–H and O–H groups in total. The van der Waals surface area contributed by atoms with Gasteiger partial charge < -0.3 is 18.9 Å². The summed E-state index contributed by atoms with van der Waals surface area (Å²) in [5.41, 5.74) is 1.38. The number of ether oxygens (including phenoxy) is 4. The lowest BCUT2D eigenvalue weighted by Crippen LogP contribution is -2.11. The van der Waals surface area contributed by atoms with Crippen molar-refractivity contribution in [2.75, 3.05) is 28.3 Å². The number of rotatable bonds is 7. The van der Waals surface area contributed by atoms with Gasteiger partial charge in [0.15, 0.2) is 0 Å². The fraction of sp³-hybridized carbons (Fsp3) is 0.400. The Morgan fingerprint density at radius 3 is 1.75 bits per heavy atom. The van der Waals surface area contributed by atoms with Crippen molar-refractivity contribution in [3.8, 4) is 23.0 Å². The zero-order chi connectivity index (χ0) is 22.7. The highest BCUT2D eigenvalue weighted by atomic mass is 16.5. The van der Waals surface area contributed by atoms with Crippen molar-refractivity contribution in [1.82, 2.24) is 0 Å². The Balaban J connectivity index is 2.64. The minimum absolute atomic E-state index is 0.0118. The molecule has 0 radical (unpaired) electrons. The van der Waals surface area contributed by atoms with Gasteiger partial charge in [-0.1, -0.05) is 26.0 Å². The van der Waals surface area contributed by atoms with E-state index < -0.39 is 14.1 Å². The average Bonchev–Trinajstić information content (AvgIpc) is 2.61. The third-order valence-corrected chi connectivity index (χ3v) is 3.99. The quantitative estimate of drug-likeness (QED) is 0.745. The van der Waals surface area contributed by atoms with Crippen LogP contribution in [-0.4, -0.2) is 28.3 Å². The standard InChI is InChI=1S/C20H26O4/c1-13(2)20(16-9-7-14(21-3)11-18(16)23-5)17-10-8-15(22-4)12-19(17)24-6/h7-13,20H,1-6H3/i3D3,5D3. The Morgan fingerprint density at radius 1 is 0.750 bits per heavy atom. The Hall–Kier alpha value is -2.36. The molecule has 0 heterocycles. The van der Waals surface area contributed by atoms with Crippen LogP contribution >= 0.6 is 0 Å². The monoisotopic (exact) mass is 336 g/mol. The zero-order valence-electron chi connectivity index (χ0n) is 20.3. The molecule has 0 aliphatic carbocycles. The summed E-state index contributed by atoms with van der Waals surface area (Å²) in [5, 5.41) is 0. The third kappa shape index (κ3) is 3.58. The summed E-state index contributed by atoms with van der Waals surface area (Å²) in [6.07, 6.45) is 0. The Kier molecular flexibility index (Phi) is 3.72. The fourth-order valence-electron chi connectivity index (χ4n) is 2.88. The van der Waals surface area contributed by atoms with Gasteiger partial charge in [0.1, 0.15) is 23.0 Å². The molecule has 0 aliphatic heterocycles. The lowest BCUT2D eigenvalue weighted by Gasteiger charge is -2.26. The van der Waals surface area contributed by atoms with Crippen molar-refractivity contribution < 1.29 is 27.2 Å². The summed E-state index contributed by atoms with van der Waals surface area (Å²) in [6, 6.07) is 9.80. The summed E-state index contributed by atoms with van der Waals surface area (Å²) in [5.74, 6) is 0.940. The van der Waals surface area contributed by atoms with E-state index in [1.54, 1.807) is 32.4 Å². The lowest BCUT2D eigenvalue weighted by atomic mass is 9.81. The van der Waals surface area contributed by atoms with Gasteiger partial charge in [0.25, 0.3) is 0 Å². The Bertz CT molecular complexity index is 861. The first-order valence-corrected chi connectivity index (χ1v) is 7.58. The van der Waals surface area contributed by atoms with E-state index in [1.807, 2.05) is 19.9 Å². The van der Waals surface area contributed by atoms with Gasteiger partial charge >= 0.3 is 0 Å². The second kappa shape index (κ2) is 7.95. The van der Waals surface area contributed by atoms with Crippen LogP contribution in [0, 0.1) is 5.92 Å². The first-order chi connectivity index (χ1) is 13.8. The lowest BCUT2D eigenvalue weighted by molar-refractivity contribution is 0.377. The summed E-state index contributed by atoms with van der Waals surface area (Å²) in [6.45, 7) is 3.97. The fourth-order valence-corrected chi connectivity index (χ4v) is 2.88. The molecule has 0 saturated carbocycles. The number of hydrogen-bond donors (Lipinski definition) is 0. The first kappa shape index (κ1) is 11.2. The molecule has 2 aromatic rings. The van der Waals surface area contributed by atoms with Crippen LogP contribution in [0.15, 0.2) is 36.4 Å². The maximum Gasteiger partial charge on any atom is 0.126 e. The second-order valence-corrected chi connectivity index (χ2v) is 5.73. The Morgan fingerprint density at radius 2 is 1.29 bits per heavy atom. The van der Waals surface area contributed by atoms with Crippen LogP contribution in [0.1, 0.15) is 39.1 Å². The second-order valence-electron chi connectivity index (χ2n) is 5.73. The maximum atomic E-state index is 7.52. The van der Waals surface area contributed by atoms with Gasteiger partial charge in [0.2, 0.25) is 0 Å². The van der Waals surface area contributed by atoms with E-state index in [0.717, 1.165) is 5.56 Å². The smallest absolute Gasteiger partial charge is 0.126 e. The maximum absolute atomic E-state index is 7.52. The first-order valence-electron chi connectivity index (χ1n) is 10.6. The van der Waals surface area contributed by atoms with Crippen molar-refractivity contribution in [3.05, 3.63) is 47.5 Å². The highest BCUT2D eigenvalue weighted by Gasteiger charge is 2.25. The molecule has 2 rings (SSSR count). The third-order valence-electron chi connectivity index (χ3n) is 3.99. The molecule has 0 aliphatic rings. The molecular formula is C20H26O4. The van der Waals surface area contributed by atoms with Crippen LogP contribution in [-0.2, 0) is 0 Å². The van der Waals surface area contributed by atoms with Crippen LogP contribution in [0.25, 0.3) is 0 Å². The molecule has 4 nitrogen and oxygen atoms in total. The van der Waals surface area contributed by atoms with Gasteiger partial charge in [-0.25, -0.2) is 0 Å². The molecule has 0 amide bonds. The topological polar surface area (TPSA) is 36.9 Å². The minimum atomic E-state index is -2.72. The number of hydrogen-bond acceptors (Lipinski definition) is 4. The van der Waals surface area contributed by atoms with Crippen LogP contribution < -0.4 is 18.9 Å². The Labute approximate surface area is 152 Å². The van der Waals surface area contributed by atoms with Crippen molar-refractivity contribution in [1.29, 1.82) is 0 Å². The van der Waals surface area contributed by atoms with E-state index in [1.165, 1.54) is 12.1 Å². The molecule has 1 unspecified atom stereocenters. The van der Waals surface area contributed by atoms with Crippen molar-refractivity contribution in [2.45, 2.75) is 19.8 Å². The van der Waals surface area contributed by atoms with E-state index in [-0.39, 0.29) is 23.3 Å². The molecule has 130 valence electrons. The van der Waals surface area contributed by atoms with Crippen LogP contribution in [0.2, 0.25) is 0 Å². The number of methoxy groups -OCH3 is 4. The van der Waals surface area contributed by atoms with E-state index in [2.05, 4.69) is 0 Å². The van der Waals surface area contributed by atoms with E-state index in [0.29, 0.717) is 17.1 Å². The van der Waals surface area contributed by atoms with E-state index in [4.69, 9.17) is 27.2 Å². The van der Waals surface area contributed by atoms with Crippen molar-refractivity contribution >= 4 is 0 Å². The highest BCUT2D eigenvalue weighted by Crippen LogP contribution is 2.43.